The quantitative estimate of drug-likeness (QED) is 0.767. The zero-order chi connectivity index (χ0) is 15.8. The molecule has 0 aliphatic carbocycles. The predicted molar refractivity (Wildman–Crippen MR) is 90.0 cm³/mol. The Hall–Kier alpha value is -2.49. The zero-order valence-electron chi connectivity index (χ0n) is 12.8. The molecule has 0 aliphatic heterocycles. The first-order chi connectivity index (χ1) is 10.7. The molecule has 0 fully saturated rings. The van der Waals surface area contributed by atoms with Crippen LogP contribution in [0.25, 0.3) is 0 Å². The molecule has 0 saturated heterocycles. The molecule has 0 aromatic heterocycles. The lowest BCUT2D eigenvalue weighted by Crippen LogP contribution is -2.12. The van der Waals surface area contributed by atoms with E-state index in [4.69, 9.17) is 10.5 Å². The molecule has 0 bridgehead atoms. The molecular weight excluding hydrogens is 276 g/mol. The van der Waals surface area contributed by atoms with Gasteiger partial charge >= 0.3 is 0 Å². The lowest BCUT2D eigenvalue weighted by Gasteiger charge is -2.08. The number of nitrogens with one attached hydrogen (secondary N) is 1. The van der Waals surface area contributed by atoms with Crippen LogP contribution in [0.3, 0.4) is 0 Å². The molecule has 4 nitrogen and oxygen atoms in total. The molecule has 1 amide bonds. The van der Waals surface area contributed by atoms with Gasteiger partial charge in [0.1, 0.15) is 5.75 Å². The third kappa shape index (κ3) is 5.13. The topological polar surface area (TPSA) is 64.3 Å². The van der Waals surface area contributed by atoms with Crippen molar-refractivity contribution in [1.29, 1.82) is 0 Å². The van der Waals surface area contributed by atoms with Gasteiger partial charge in [-0.1, -0.05) is 19.1 Å². The third-order valence-electron chi connectivity index (χ3n) is 3.20. The van der Waals surface area contributed by atoms with E-state index >= 15 is 0 Å². The van der Waals surface area contributed by atoms with Crippen LogP contribution in [-0.4, -0.2) is 12.5 Å². The highest BCUT2D eigenvalue weighted by Gasteiger charge is 2.04. The van der Waals surface area contributed by atoms with Crippen molar-refractivity contribution in [3.8, 4) is 5.75 Å². The van der Waals surface area contributed by atoms with Crippen molar-refractivity contribution < 1.29 is 9.53 Å². The van der Waals surface area contributed by atoms with Crippen LogP contribution in [0.2, 0.25) is 0 Å². The van der Waals surface area contributed by atoms with Gasteiger partial charge in [-0.3, -0.25) is 4.79 Å². The number of rotatable bonds is 7. The fraction of sp³-hybridized carbons (Fsp3) is 0.278. The fourth-order valence-electron chi connectivity index (χ4n) is 2.08. The first kappa shape index (κ1) is 15.9. The number of nitrogens with two attached hydrogens (primary N) is 1. The SMILES string of the molecule is CCCOc1ccc(NC(=O)CCc2cccc(N)c2)cc1. The smallest absolute Gasteiger partial charge is 0.224 e. The molecule has 2 aromatic rings. The van der Waals surface area contributed by atoms with Gasteiger partial charge in [-0.15, -0.1) is 0 Å². The third-order valence-corrected chi connectivity index (χ3v) is 3.20. The summed E-state index contributed by atoms with van der Waals surface area (Å²) in [4.78, 5) is 12.0. The number of hydrogen-bond donors (Lipinski definition) is 2. The Balaban J connectivity index is 1.81. The Labute approximate surface area is 131 Å². The minimum Gasteiger partial charge on any atom is -0.494 e. The first-order valence-electron chi connectivity index (χ1n) is 7.54. The van der Waals surface area contributed by atoms with E-state index in [0.717, 1.165) is 29.1 Å². The summed E-state index contributed by atoms with van der Waals surface area (Å²) in [5, 5.41) is 2.88. The standard InChI is InChI=1S/C18H22N2O2/c1-2-12-22-17-9-7-16(8-10-17)20-18(21)11-6-14-4-3-5-15(19)13-14/h3-5,7-10,13H,2,6,11-12,19H2,1H3,(H,20,21). The van der Waals surface area contributed by atoms with Crippen molar-refractivity contribution in [3.05, 3.63) is 54.1 Å². The van der Waals surface area contributed by atoms with Crippen molar-refractivity contribution in [2.24, 2.45) is 0 Å². The van der Waals surface area contributed by atoms with Crippen LogP contribution in [0.5, 0.6) is 5.75 Å². The van der Waals surface area contributed by atoms with Crippen LogP contribution in [0.1, 0.15) is 25.3 Å². The summed E-state index contributed by atoms with van der Waals surface area (Å²) in [6.07, 6.45) is 2.08. The van der Waals surface area contributed by atoms with Crippen LogP contribution in [0, 0.1) is 0 Å². The van der Waals surface area contributed by atoms with Crippen molar-refractivity contribution in [3.63, 3.8) is 0 Å². The monoisotopic (exact) mass is 298 g/mol. The van der Waals surface area contributed by atoms with E-state index in [1.54, 1.807) is 0 Å². The van der Waals surface area contributed by atoms with Gasteiger partial charge in [-0.05, 0) is 54.8 Å². The summed E-state index contributed by atoms with van der Waals surface area (Å²) in [5.41, 5.74) is 8.29. The molecule has 0 radical (unpaired) electrons. The van der Waals surface area contributed by atoms with E-state index in [-0.39, 0.29) is 5.91 Å². The highest BCUT2D eigenvalue weighted by Crippen LogP contribution is 2.16. The molecule has 2 aromatic carbocycles. The summed E-state index contributed by atoms with van der Waals surface area (Å²) in [6.45, 7) is 2.76. The maximum atomic E-state index is 12.0. The number of carbonyl (C=O) groups is 1. The molecule has 0 spiro atoms. The number of ether oxygens (including phenoxy) is 1. The predicted octanol–water partition coefficient (Wildman–Crippen LogP) is 3.63. The number of amides is 1. The molecule has 2 rings (SSSR count). The molecule has 0 unspecified atom stereocenters. The molecule has 22 heavy (non-hydrogen) atoms. The summed E-state index contributed by atoms with van der Waals surface area (Å²) in [7, 11) is 0. The molecule has 0 heterocycles. The van der Waals surface area contributed by atoms with Crippen LogP contribution in [0.15, 0.2) is 48.5 Å². The largest absolute Gasteiger partial charge is 0.494 e. The van der Waals surface area contributed by atoms with Gasteiger partial charge in [-0.2, -0.15) is 0 Å². The average molecular weight is 298 g/mol. The normalized spacial score (nSPS) is 10.2. The Morgan fingerprint density at radius 1 is 1.18 bits per heavy atom. The zero-order valence-corrected chi connectivity index (χ0v) is 12.8. The molecule has 3 N–H and O–H groups in total. The molecular formula is C18H22N2O2. The van der Waals surface area contributed by atoms with Crippen LogP contribution in [0.4, 0.5) is 11.4 Å². The van der Waals surface area contributed by atoms with Crippen molar-refractivity contribution in [1.82, 2.24) is 0 Å². The fourth-order valence-corrected chi connectivity index (χ4v) is 2.08. The second kappa shape index (κ2) is 8.08. The van der Waals surface area contributed by atoms with Crippen LogP contribution in [-0.2, 0) is 11.2 Å². The maximum Gasteiger partial charge on any atom is 0.224 e. The number of carbonyl (C=O) groups excluding carboxylic acids is 1. The van der Waals surface area contributed by atoms with Gasteiger partial charge < -0.3 is 15.8 Å². The van der Waals surface area contributed by atoms with Gasteiger partial charge in [0.05, 0.1) is 6.61 Å². The number of benzene rings is 2. The molecule has 0 aliphatic rings. The number of aryl methyl sites for hydroxylation is 1. The number of hydrogen-bond acceptors (Lipinski definition) is 3. The first-order valence-corrected chi connectivity index (χ1v) is 7.54. The van der Waals surface area contributed by atoms with E-state index < -0.39 is 0 Å². The van der Waals surface area contributed by atoms with Gasteiger partial charge in [0.2, 0.25) is 5.91 Å². The van der Waals surface area contributed by atoms with Gasteiger partial charge in [-0.25, -0.2) is 0 Å². The van der Waals surface area contributed by atoms with Gasteiger partial charge in [0.25, 0.3) is 0 Å². The lowest BCUT2D eigenvalue weighted by molar-refractivity contribution is -0.116. The molecule has 4 heteroatoms. The van der Waals surface area contributed by atoms with Gasteiger partial charge in [0.15, 0.2) is 0 Å². The summed E-state index contributed by atoms with van der Waals surface area (Å²) in [5.74, 6) is 0.810. The maximum absolute atomic E-state index is 12.0. The summed E-state index contributed by atoms with van der Waals surface area (Å²) < 4.78 is 5.51. The van der Waals surface area contributed by atoms with Crippen molar-refractivity contribution in [2.45, 2.75) is 26.2 Å². The highest BCUT2D eigenvalue weighted by atomic mass is 16.5. The second-order valence-electron chi connectivity index (χ2n) is 5.17. The Kier molecular flexibility index (Phi) is 5.83. The Morgan fingerprint density at radius 3 is 2.64 bits per heavy atom. The number of nitrogen functional groups attached to an aromatic ring is 1. The highest BCUT2D eigenvalue weighted by molar-refractivity contribution is 5.90. The van der Waals surface area contributed by atoms with E-state index in [9.17, 15) is 4.79 Å². The molecule has 0 atom stereocenters. The second-order valence-corrected chi connectivity index (χ2v) is 5.17. The Morgan fingerprint density at radius 2 is 1.95 bits per heavy atom. The average Bonchev–Trinajstić information content (AvgIpc) is 2.52. The van der Waals surface area contributed by atoms with Crippen LogP contribution < -0.4 is 15.8 Å². The molecule has 0 saturated carbocycles. The van der Waals surface area contributed by atoms with E-state index in [2.05, 4.69) is 12.2 Å². The minimum atomic E-state index is -0.00958. The van der Waals surface area contributed by atoms with Crippen LogP contribution >= 0.6 is 0 Å². The number of anilines is 2. The lowest BCUT2D eigenvalue weighted by atomic mass is 10.1. The van der Waals surface area contributed by atoms with Crippen molar-refractivity contribution >= 4 is 17.3 Å². The van der Waals surface area contributed by atoms with E-state index in [1.165, 1.54) is 0 Å². The Bertz CT molecular complexity index is 609. The van der Waals surface area contributed by atoms with Crippen molar-refractivity contribution in [2.75, 3.05) is 17.7 Å². The molecule has 116 valence electrons. The minimum absolute atomic E-state index is 0.00958. The van der Waals surface area contributed by atoms with Gasteiger partial charge in [0, 0.05) is 17.8 Å². The summed E-state index contributed by atoms with van der Waals surface area (Å²) >= 11 is 0. The van der Waals surface area contributed by atoms with E-state index in [0.29, 0.717) is 19.4 Å². The van der Waals surface area contributed by atoms with E-state index in [1.807, 2.05) is 48.5 Å². The summed E-state index contributed by atoms with van der Waals surface area (Å²) in [6, 6.07) is 15.0.